The third-order valence-electron chi connectivity index (χ3n) is 8.86. The number of hydrogen-bond acceptors (Lipinski definition) is 7. The maximum atomic E-state index is 11.4. The summed E-state index contributed by atoms with van der Waals surface area (Å²) in [6.45, 7) is 2.78. The van der Waals surface area contributed by atoms with Crippen molar-refractivity contribution in [2.75, 3.05) is 19.6 Å². The van der Waals surface area contributed by atoms with E-state index in [4.69, 9.17) is 16.6 Å². The molecule has 220 valence electrons. The molecule has 7 nitrogen and oxygen atoms in total. The largest absolute Gasteiger partial charge is 0.390 e. The number of aliphatic hydroxyl groups is 2. The van der Waals surface area contributed by atoms with Crippen molar-refractivity contribution in [2.45, 2.75) is 43.9 Å². The Morgan fingerprint density at radius 2 is 1.72 bits per heavy atom. The number of fused-ring (bicyclic) bond motifs is 1. The van der Waals surface area contributed by atoms with Gasteiger partial charge in [0.05, 0.1) is 17.8 Å². The number of aromatic nitrogens is 4. The van der Waals surface area contributed by atoms with Crippen molar-refractivity contribution in [1.29, 1.82) is 0 Å². The van der Waals surface area contributed by atoms with E-state index in [9.17, 15) is 10.2 Å². The molecule has 0 unspecified atom stereocenters. The Bertz CT molecular complexity index is 1740. The average molecular weight is 612 g/mol. The van der Waals surface area contributed by atoms with Crippen LogP contribution in [0.4, 0.5) is 0 Å². The molecule has 43 heavy (non-hydrogen) atoms. The minimum Gasteiger partial charge on any atom is -0.390 e. The van der Waals surface area contributed by atoms with Crippen molar-refractivity contribution in [3.63, 3.8) is 0 Å². The molecule has 0 bridgehead atoms. The van der Waals surface area contributed by atoms with Crippen LogP contribution in [0.3, 0.4) is 0 Å². The first-order valence-corrected chi connectivity index (χ1v) is 16.1. The van der Waals surface area contributed by atoms with Crippen molar-refractivity contribution in [2.24, 2.45) is 5.92 Å². The third kappa shape index (κ3) is 5.90. The van der Waals surface area contributed by atoms with Crippen LogP contribution in [-0.2, 0) is 12.8 Å². The number of thiazole rings is 1. The lowest BCUT2D eigenvalue weighted by atomic mass is 9.91. The van der Waals surface area contributed by atoms with Gasteiger partial charge in [0, 0.05) is 60.7 Å². The van der Waals surface area contributed by atoms with Gasteiger partial charge in [-0.1, -0.05) is 72.3 Å². The fraction of sp³-hybridized carbons (Fsp3) is 0.324. The highest BCUT2D eigenvalue weighted by Crippen LogP contribution is 2.43. The van der Waals surface area contributed by atoms with E-state index in [2.05, 4.69) is 62.7 Å². The second-order valence-electron chi connectivity index (χ2n) is 11.6. The summed E-state index contributed by atoms with van der Waals surface area (Å²) in [6, 6.07) is 20.5. The van der Waals surface area contributed by atoms with E-state index in [1.54, 1.807) is 17.5 Å². The van der Waals surface area contributed by atoms with Gasteiger partial charge in [0.15, 0.2) is 0 Å². The monoisotopic (exact) mass is 611 g/mol. The summed E-state index contributed by atoms with van der Waals surface area (Å²) in [7, 11) is 0. The summed E-state index contributed by atoms with van der Waals surface area (Å²) in [5, 5.41) is 26.7. The van der Waals surface area contributed by atoms with Gasteiger partial charge in [0.2, 0.25) is 5.28 Å². The molecule has 0 saturated heterocycles. The fourth-order valence-corrected chi connectivity index (χ4v) is 7.60. The second-order valence-corrected chi connectivity index (χ2v) is 12.8. The average Bonchev–Trinajstić information content (AvgIpc) is 3.73. The predicted molar refractivity (Wildman–Crippen MR) is 171 cm³/mol. The molecule has 1 aliphatic heterocycles. The fourth-order valence-electron chi connectivity index (χ4n) is 6.63. The van der Waals surface area contributed by atoms with E-state index in [0.29, 0.717) is 12.1 Å². The van der Waals surface area contributed by atoms with Crippen LogP contribution in [0.25, 0.3) is 21.6 Å². The summed E-state index contributed by atoms with van der Waals surface area (Å²) in [5.74, 6) is -0.130. The van der Waals surface area contributed by atoms with Crippen molar-refractivity contribution < 1.29 is 10.2 Å². The molecule has 0 radical (unpaired) electrons. The number of hydrogen-bond donors (Lipinski definition) is 2. The molecule has 1 aliphatic carbocycles. The minimum atomic E-state index is -0.937. The molecule has 5 aromatic rings. The topological polar surface area (TPSA) is 87.3 Å². The Morgan fingerprint density at radius 1 is 0.953 bits per heavy atom. The molecular weight excluding hydrogens is 578 g/mol. The zero-order valence-electron chi connectivity index (χ0n) is 23.8. The Hall–Kier alpha value is -3.40. The number of nitrogens with zero attached hydrogens (tertiary/aromatic N) is 5. The summed E-state index contributed by atoms with van der Waals surface area (Å²) in [4.78, 5) is 16.3. The molecule has 9 heteroatoms. The van der Waals surface area contributed by atoms with E-state index in [0.717, 1.165) is 60.5 Å². The van der Waals surface area contributed by atoms with Gasteiger partial charge in [-0.15, -0.1) is 11.3 Å². The number of halogens is 1. The maximum Gasteiger partial charge on any atom is 0.224 e. The van der Waals surface area contributed by atoms with Crippen molar-refractivity contribution >= 4 is 34.0 Å². The Morgan fingerprint density at radius 3 is 2.51 bits per heavy atom. The number of aliphatic hydroxyl groups excluding tert-OH is 2. The molecule has 0 amide bonds. The van der Waals surface area contributed by atoms with E-state index >= 15 is 0 Å². The van der Waals surface area contributed by atoms with Crippen molar-refractivity contribution in [3.8, 4) is 10.6 Å². The normalized spacial score (nSPS) is 22.7. The molecule has 2 aromatic carbocycles. The van der Waals surface area contributed by atoms with E-state index in [1.165, 1.54) is 16.7 Å². The van der Waals surface area contributed by atoms with Crippen LogP contribution in [0, 0.1) is 5.92 Å². The Balaban J connectivity index is 1.13. The molecule has 4 heterocycles. The summed E-state index contributed by atoms with van der Waals surface area (Å²) in [6.07, 6.45) is 7.52. The van der Waals surface area contributed by atoms with Gasteiger partial charge in [-0.05, 0) is 42.0 Å². The first kappa shape index (κ1) is 28.4. The second kappa shape index (κ2) is 12.3. The lowest BCUT2D eigenvalue weighted by Gasteiger charge is -2.31. The molecule has 3 aromatic heterocycles. The number of rotatable bonds is 8. The number of benzene rings is 2. The highest BCUT2D eigenvalue weighted by atomic mass is 35.5. The first-order chi connectivity index (χ1) is 21.0. The zero-order chi connectivity index (χ0) is 29.3. The summed E-state index contributed by atoms with van der Waals surface area (Å²) < 4.78 is 1.99. The molecular formula is C34H34ClN5O2S. The Labute approximate surface area is 260 Å². The molecule has 0 spiro atoms. The summed E-state index contributed by atoms with van der Waals surface area (Å²) in [5.41, 5.74) is 6.31. The van der Waals surface area contributed by atoms with E-state index in [1.807, 2.05) is 35.0 Å². The van der Waals surface area contributed by atoms with Crippen molar-refractivity contribution in [3.05, 3.63) is 112 Å². The van der Waals surface area contributed by atoms with Crippen LogP contribution in [0.1, 0.15) is 35.7 Å². The van der Waals surface area contributed by atoms with Crippen LogP contribution < -0.4 is 0 Å². The van der Waals surface area contributed by atoms with Crippen LogP contribution in [0.2, 0.25) is 5.28 Å². The van der Waals surface area contributed by atoms with Crippen LogP contribution in [-0.4, -0.2) is 66.5 Å². The van der Waals surface area contributed by atoms with Gasteiger partial charge in [0.1, 0.15) is 16.8 Å². The van der Waals surface area contributed by atoms with Gasteiger partial charge in [-0.2, -0.15) is 4.98 Å². The molecule has 4 atom stereocenters. The molecule has 1 saturated carbocycles. The minimum absolute atomic E-state index is 0.130. The predicted octanol–water partition coefficient (Wildman–Crippen LogP) is 5.96. The van der Waals surface area contributed by atoms with Gasteiger partial charge >= 0.3 is 0 Å². The van der Waals surface area contributed by atoms with Gasteiger partial charge in [-0.25, -0.2) is 9.97 Å². The lowest BCUT2D eigenvalue weighted by molar-refractivity contribution is 0.0110. The molecule has 7 rings (SSSR count). The third-order valence-corrected chi connectivity index (χ3v) is 9.96. The van der Waals surface area contributed by atoms with Gasteiger partial charge in [-0.3, -0.25) is 4.90 Å². The maximum absolute atomic E-state index is 11.4. The zero-order valence-corrected chi connectivity index (χ0v) is 25.3. The van der Waals surface area contributed by atoms with Crippen molar-refractivity contribution in [1.82, 2.24) is 24.4 Å². The first-order valence-electron chi connectivity index (χ1n) is 14.9. The standard InChI is InChI=1S/C34H34ClN5O2S/c35-34-36-18-27-28(33-37-25(21-43-33)16-23-10-5-2-6-11-23)20-40(32(27)38-34)29-17-26(30(41)31(29)42)24-12-7-14-39(19-24)15-13-22-8-3-1-4-9-22/h1-6,8-12,18,20-21,26,29-31,41-42H,7,13-17,19H2/t26-,29-,30-,31+/m1/s1. The van der Waals surface area contributed by atoms with Gasteiger partial charge in [0.25, 0.3) is 0 Å². The molecule has 2 N–H and O–H groups in total. The van der Waals surface area contributed by atoms with E-state index < -0.39 is 12.2 Å². The Kier molecular flexibility index (Phi) is 8.12. The highest BCUT2D eigenvalue weighted by molar-refractivity contribution is 7.13. The van der Waals surface area contributed by atoms with Crippen LogP contribution >= 0.6 is 22.9 Å². The van der Waals surface area contributed by atoms with Crippen LogP contribution in [0.5, 0.6) is 0 Å². The van der Waals surface area contributed by atoms with Gasteiger partial charge < -0.3 is 14.8 Å². The lowest BCUT2D eigenvalue weighted by Crippen LogP contribution is -2.36. The van der Waals surface area contributed by atoms with Crippen LogP contribution in [0.15, 0.2) is 90.1 Å². The highest BCUT2D eigenvalue weighted by Gasteiger charge is 2.45. The SMILES string of the molecule is O[C@@H]1[C@H](O)[C@@H](C2=CCCN(CCc3ccccc3)C2)C[C@H]1n1cc(-c2nc(Cc3ccccc3)cs2)c2cnc(Cl)nc21. The molecule has 2 aliphatic rings. The smallest absolute Gasteiger partial charge is 0.224 e. The molecule has 1 fully saturated rings. The van der Waals surface area contributed by atoms with E-state index in [-0.39, 0.29) is 17.2 Å². The quantitative estimate of drug-likeness (QED) is 0.166. The summed E-state index contributed by atoms with van der Waals surface area (Å²) >= 11 is 7.86.